The molecule has 2 aromatic carbocycles. The molecule has 27 heavy (non-hydrogen) atoms. The number of anilines is 1. The van der Waals surface area contributed by atoms with Gasteiger partial charge in [0.25, 0.3) is 11.8 Å². The Bertz CT molecular complexity index is 831. The van der Waals surface area contributed by atoms with Crippen molar-refractivity contribution >= 4 is 17.5 Å². The minimum absolute atomic E-state index is 0.0905. The van der Waals surface area contributed by atoms with Crippen molar-refractivity contribution in [2.45, 2.75) is 25.4 Å². The van der Waals surface area contributed by atoms with Crippen LogP contribution in [0, 0.1) is 0 Å². The number of aliphatic hydroxyl groups is 1. The number of hydrogen-bond donors (Lipinski definition) is 2. The molecule has 0 spiro atoms. The van der Waals surface area contributed by atoms with Crippen molar-refractivity contribution in [2.75, 3.05) is 26.0 Å². The van der Waals surface area contributed by atoms with Crippen molar-refractivity contribution in [1.82, 2.24) is 4.90 Å². The number of benzene rings is 2. The van der Waals surface area contributed by atoms with E-state index in [-0.39, 0.29) is 18.4 Å². The van der Waals surface area contributed by atoms with Crippen LogP contribution in [0.2, 0.25) is 0 Å². The van der Waals surface area contributed by atoms with Gasteiger partial charge in [0.15, 0.2) is 6.61 Å². The fourth-order valence-electron chi connectivity index (χ4n) is 3.22. The largest absolute Gasteiger partial charge is 0.483 e. The summed E-state index contributed by atoms with van der Waals surface area (Å²) in [4.78, 5) is 25.6. The molecule has 6 heteroatoms. The second kappa shape index (κ2) is 8.22. The average molecular weight is 368 g/mol. The number of hydrogen-bond acceptors (Lipinski definition) is 4. The highest BCUT2D eigenvalue weighted by molar-refractivity contribution is 5.95. The van der Waals surface area contributed by atoms with E-state index in [9.17, 15) is 14.7 Å². The molecular formula is C21H24N2O4. The van der Waals surface area contributed by atoms with Gasteiger partial charge in [0.05, 0.1) is 6.10 Å². The Labute approximate surface area is 158 Å². The molecule has 1 aliphatic rings. The van der Waals surface area contributed by atoms with Crippen LogP contribution in [0.5, 0.6) is 5.75 Å². The second-order valence-corrected chi connectivity index (χ2v) is 6.85. The van der Waals surface area contributed by atoms with E-state index in [0.717, 1.165) is 30.4 Å². The third-order valence-electron chi connectivity index (χ3n) is 4.61. The Morgan fingerprint density at radius 1 is 1.19 bits per heavy atom. The average Bonchev–Trinajstić information content (AvgIpc) is 2.67. The van der Waals surface area contributed by atoms with Crippen molar-refractivity contribution in [3.63, 3.8) is 0 Å². The Morgan fingerprint density at radius 3 is 2.63 bits per heavy atom. The summed E-state index contributed by atoms with van der Waals surface area (Å²) in [5.41, 5.74) is 3.03. The lowest BCUT2D eigenvalue weighted by atomic mass is 9.89. The van der Waals surface area contributed by atoms with Crippen LogP contribution >= 0.6 is 0 Å². The zero-order valence-electron chi connectivity index (χ0n) is 15.6. The minimum Gasteiger partial charge on any atom is -0.483 e. The van der Waals surface area contributed by atoms with E-state index in [1.165, 1.54) is 4.90 Å². The number of aliphatic hydroxyl groups excluding tert-OH is 1. The van der Waals surface area contributed by atoms with Gasteiger partial charge < -0.3 is 20.1 Å². The fourth-order valence-corrected chi connectivity index (χ4v) is 3.22. The van der Waals surface area contributed by atoms with Crippen LogP contribution in [0.25, 0.3) is 0 Å². The Hall–Kier alpha value is -2.86. The normalized spacial score (nSPS) is 15.6. The van der Waals surface area contributed by atoms with Crippen LogP contribution in [0.1, 0.15) is 40.4 Å². The van der Waals surface area contributed by atoms with Gasteiger partial charge in [0.2, 0.25) is 0 Å². The molecule has 0 radical (unpaired) electrons. The maximum Gasteiger partial charge on any atom is 0.262 e. The number of amides is 2. The van der Waals surface area contributed by atoms with E-state index < -0.39 is 6.10 Å². The van der Waals surface area contributed by atoms with Crippen LogP contribution in [0.3, 0.4) is 0 Å². The predicted octanol–water partition coefficient (Wildman–Crippen LogP) is 2.78. The number of nitrogens with zero attached hydrogens (tertiary/aromatic N) is 1. The number of fused-ring (bicyclic) bond motifs is 1. The van der Waals surface area contributed by atoms with Gasteiger partial charge in [0, 0.05) is 25.3 Å². The molecule has 142 valence electrons. The van der Waals surface area contributed by atoms with Gasteiger partial charge in [-0.15, -0.1) is 0 Å². The third kappa shape index (κ3) is 4.46. The first-order chi connectivity index (χ1) is 13.0. The molecule has 2 aromatic rings. The number of carbonyl (C=O) groups excluding carboxylic acids is 2. The number of carbonyl (C=O) groups is 2. The maximum atomic E-state index is 12.2. The van der Waals surface area contributed by atoms with Crippen LogP contribution in [-0.4, -0.2) is 42.5 Å². The highest BCUT2D eigenvalue weighted by Crippen LogP contribution is 2.35. The topological polar surface area (TPSA) is 78.9 Å². The molecule has 0 saturated heterocycles. The zero-order chi connectivity index (χ0) is 19.4. The second-order valence-electron chi connectivity index (χ2n) is 6.85. The van der Waals surface area contributed by atoms with E-state index in [1.54, 1.807) is 38.4 Å². The summed E-state index contributed by atoms with van der Waals surface area (Å²) in [6, 6.07) is 12.3. The summed E-state index contributed by atoms with van der Waals surface area (Å²) in [5.74, 6) is 0.274. The van der Waals surface area contributed by atoms with E-state index in [1.807, 2.05) is 18.2 Å². The first kappa shape index (κ1) is 18.9. The number of ether oxygens (including phenoxy) is 1. The molecule has 0 unspecified atom stereocenters. The SMILES string of the molecule is CN(C)C(=O)c1ccc(NC(=O)COc2cccc3c2CCC[C@@H]3O)cc1. The predicted molar refractivity (Wildman–Crippen MR) is 103 cm³/mol. The smallest absolute Gasteiger partial charge is 0.262 e. The molecule has 0 aliphatic heterocycles. The molecule has 0 saturated carbocycles. The minimum atomic E-state index is -0.463. The van der Waals surface area contributed by atoms with Crippen LogP contribution in [0.4, 0.5) is 5.69 Å². The van der Waals surface area contributed by atoms with Crippen molar-refractivity contribution in [2.24, 2.45) is 0 Å². The number of nitrogens with one attached hydrogen (secondary N) is 1. The monoisotopic (exact) mass is 368 g/mol. The fraction of sp³-hybridized carbons (Fsp3) is 0.333. The molecule has 6 nitrogen and oxygen atoms in total. The highest BCUT2D eigenvalue weighted by Gasteiger charge is 2.21. The molecule has 0 bridgehead atoms. The molecular weight excluding hydrogens is 344 g/mol. The lowest BCUT2D eigenvalue weighted by Gasteiger charge is -2.23. The summed E-state index contributed by atoms with van der Waals surface area (Å²) in [5, 5.41) is 12.9. The van der Waals surface area contributed by atoms with Crippen molar-refractivity contribution in [1.29, 1.82) is 0 Å². The van der Waals surface area contributed by atoms with Crippen molar-refractivity contribution in [3.05, 3.63) is 59.2 Å². The van der Waals surface area contributed by atoms with E-state index in [0.29, 0.717) is 17.0 Å². The van der Waals surface area contributed by atoms with Crippen molar-refractivity contribution < 1.29 is 19.4 Å². The molecule has 2 amide bonds. The zero-order valence-corrected chi connectivity index (χ0v) is 15.6. The first-order valence-corrected chi connectivity index (χ1v) is 9.00. The standard InChI is InChI=1S/C21H24N2O4/c1-23(2)21(26)14-9-11-15(12-10-14)22-20(25)13-27-19-8-4-5-16-17(19)6-3-7-18(16)24/h4-5,8-12,18,24H,3,6-7,13H2,1-2H3,(H,22,25)/t18-/m0/s1. The van der Waals surface area contributed by atoms with Crippen LogP contribution in [-0.2, 0) is 11.2 Å². The van der Waals surface area contributed by atoms with Crippen molar-refractivity contribution in [3.8, 4) is 5.75 Å². The highest BCUT2D eigenvalue weighted by atomic mass is 16.5. The lowest BCUT2D eigenvalue weighted by Crippen LogP contribution is -2.22. The summed E-state index contributed by atoms with van der Waals surface area (Å²) >= 11 is 0. The molecule has 0 heterocycles. The van der Waals surface area contributed by atoms with Gasteiger partial charge in [-0.1, -0.05) is 12.1 Å². The first-order valence-electron chi connectivity index (χ1n) is 9.00. The molecule has 0 fully saturated rings. The van der Waals surface area contributed by atoms with E-state index in [2.05, 4.69) is 5.32 Å². The quantitative estimate of drug-likeness (QED) is 0.851. The van der Waals surface area contributed by atoms with Gasteiger partial charge in [-0.25, -0.2) is 0 Å². The van der Waals surface area contributed by atoms with E-state index in [4.69, 9.17) is 4.74 Å². The molecule has 1 atom stereocenters. The Balaban J connectivity index is 1.59. The maximum absolute atomic E-state index is 12.2. The van der Waals surface area contributed by atoms with Crippen LogP contribution < -0.4 is 10.1 Å². The third-order valence-corrected chi connectivity index (χ3v) is 4.61. The molecule has 2 N–H and O–H groups in total. The lowest BCUT2D eigenvalue weighted by molar-refractivity contribution is -0.118. The van der Waals surface area contributed by atoms with Gasteiger partial charge >= 0.3 is 0 Å². The molecule has 3 rings (SSSR count). The van der Waals surface area contributed by atoms with Gasteiger partial charge in [-0.3, -0.25) is 9.59 Å². The van der Waals surface area contributed by atoms with Gasteiger partial charge in [-0.2, -0.15) is 0 Å². The van der Waals surface area contributed by atoms with Crippen LogP contribution in [0.15, 0.2) is 42.5 Å². The molecule has 1 aliphatic carbocycles. The summed E-state index contributed by atoms with van der Waals surface area (Å²) in [7, 11) is 3.38. The van der Waals surface area contributed by atoms with E-state index >= 15 is 0 Å². The van der Waals surface area contributed by atoms with Gasteiger partial charge in [0.1, 0.15) is 5.75 Å². The Morgan fingerprint density at radius 2 is 1.93 bits per heavy atom. The van der Waals surface area contributed by atoms with Gasteiger partial charge in [-0.05, 0) is 60.7 Å². The summed E-state index contributed by atoms with van der Waals surface area (Å²) < 4.78 is 5.70. The summed E-state index contributed by atoms with van der Waals surface area (Å²) in [6.45, 7) is -0.120. The Kier molecular flexibility index (Phi) is 5.76. The molecule has 0 aromatic heterocycles. The summed E-state index contributed by atoms with van der Waals surface area (Å²) in [6.07, 6.45) is 2.03. The number of rotatable bonds is 5.